The average Bonchev–Trinajstić information content (AvgIpc) is 3.38. The number of hydrogen-bond acceptors (Lipinski definition) is 5. The standard InChI is InChI=1S/C21H20N4O2S/c1-2-27-17-10-8-16(9-11-17)20(26)25(15-14-24-13-5-12-22-24)21-23-18-6-3-4-7-19(18)28-21/h3-13H,2,14-15H2,1H3. The fourth-order valence-corrected chi connectivity index (χ4v) is 3.90. The SMILES string of the molecule is CCOc1ccc(C(=O)N(CCn2cccn2)c2nc3ccccc3s2)cc1. The number of fused-ring (bicyclic) bond motifs is 1. The smallest absolute Gasteiger partial charge is 0.260 e. The number of aromatic nitrogens is 3. The second-order valence-corrected chi connectivity index (χ2v) is 7.16. The number of carbonyl (C=O) groups excluding carboxylic acids is 1. The maximum absolute atomic E-state index is 13.3. The van der Waals surface area contributed by atoms with E-state index in [1.165, 1.54) is 11.3 Å². The molecule has 1 amide bonds. The molecule has 0 atom stereocenters. The van der Waals surface area contributed by atoms with Crippen LogP contribution in [0.2, 0.25) is 0 Å². The molecule has 0 saturated heterocycles. The van der Waals surface area contributed by atoms with Crippen molar-refractivity contribution in [3.8, 4) is 5.75 Å². The molecule has 2 aromatic heterocycles. The molecular formula is C21H20N4O2S. The van der Waals surface area contributed by atoms with E-state index < -0.39 is 0 Å². The number of para-hydroxylation sites is 1. The topological polar surface area (TPSA) is 60.2 Å². The van der Waals surface area contributed by atoms with Crippen molar-refractivity contribution in [2.24, 2.45) is 0 Å². The van der Waals surface area contributed by atoms with Crippen molar-refractivity contribution in [3.05, 3.63) is 72.6 Å². The number of nitrogens with zero attached hydrogens (tertiary/aromatic N) is 4. The summed E-state index contributed by atoms with van der Waals surface area (Å²) in [6.45, 7) is 3.59. The summed E-state index contributed by atoms with van der Waals surface area (Å²) in [5, 5.41) is 4.92. The minimum absolute atomic E-state index is 0.0886. The van der Waals surface area contributed by atoms with Gasteiger partial charge in [-0.25, -0.2) is 4.98 Å². The van der Waals surface area contributed by atoms with Crippen molar-refractivity contribution in [1.29, 1.82) is 0 Å². The van der Waals surface area contributed by atoms with Crippen LogP contribution in [0.3, 0.4) is 0 Å². The number of rotatable bonds is 7. The number of anilines is 1. The average molecular weight is 392 g/mol. The van der Waals surface area contributed by atoms with Gasteiger partial charge in [-0.15, -0.1) is 0 Å². The Morgan fingerprint density at radius 3 is 2.68 bits per heavy atom. The molecule has 142 valence electrons. The molecule has 0 bridgehead atoms. The van der Waals surface area contributed by atoms with Crippen molar-refractivity contribution in [2.45, 2.75) is 13.5 Å². The minimum atomic E-state index is -0.0886. The number of benzene rings is 2. The summed E-state index contributed by atoms with van der Waals surface area (Å²) in [6, 6.07) is 17.0. The molecule has 2 aromatic carbocycles. The van der Waals surface area contributed by atoms with Gasteiger partial charge in [-0.2, -0.15) is 5.10 Å². The van der Waals surface area contributed by atoms with Gasteiger partial charge in [0.05, 0.1) is 23.4 Å². The molecule has 0 aliphatic heterocycles. The van der Waals surface area contributed by atoms with E-state index >= 15 is 0 Å². The number of carbonyl (C=O) groups is 1. The highest BCUT2D eigenvalue weighted by Gasteiger charge is 2.21. The van der Waals surface area contributed by atoms with Gasteiger partial charge in [0.15, 0.2) is 5.13 Å². The lowest BCUT2D eigenvalue weighted by Crippen LogP contribution is -2.34. The van der Waals surface area contributed by atoms with E-state index in [0.29, 0.717) is 30.4 Å². The molecule has 7 heteroatoms. The molecular weight excluding hydrogens is 372 g/mol. The van der Waals surface area contributed by atoms with Crippen LogP contribution in [0.4, 0.5) is 5.13 Å². The lowest BCUT2D eigenvalue weighted by molar-refractivity contribution is 0.0986. The first-order valence-corrected chi connectivity index (χ1v) is 9.94. The van der Waals surface area contributed by atoms with Gasteiger partial charge in [0.2, 0.25) is 0 Å². The van der Waals surface area contributed by atoms with E-state index in [0.717, 1.165) is 16.0 Å². The summed E-state index contributed by atoms with van der Waals surface area (Å²) in [5.41, 5.74) is 1.49. The van der Waals surface area contributed by atoms with Crippen LogP contribution in [0.25, 0.3) is 10.2 Å². The van der Waals surface area contributed by atoms with E-state index in [1.807, 2.05) is 60.3 Å². The van der Waals surface area contributed by atoms with Gasteiger partial charge in [0, 0.05) is 24.5 Å². The third-order valence-electron chi connectivity index (χ3n) is 4.28. The zero-order chi connectivity index (χ0) is 19.3. The lowest BCUT2D eigenvalue weighted by Gasteiger charge is -2.20. The molecule has 0 spiro atoms. The maximum Gasteiger partial charge on any atom is 0.260 e. The minimum Gasteiger partial charge on any atom is -0.494 e. The maximum atomic E-state index is 13.3. The number of hydrogen-bond donors (Lipinski definition) is 0. The number of thiazole rings is 1. The second kappa shape index (κ2) is 8.22. The van der Waals surface area contributed by atoms with E-state index in [1.54, 1.807) is 23.2 Å². The summed E-state index contributed by atoms with van der Waals surface area (Å²) in [7, 11) is 0. The summed E-state index contributed by atoms with van der Waals surface area (Å²) in [4.78, 5) is 19.7. The molecule has 2 heterocycles. The molecule has 0 radical (unpaired) electrons. The largest absolute Gasteiger partial charge is 0.494 e. The fraction of sp³-hybridized carbons (Fsp3) is 0.190. The van der Waals surface area contributed by atoms with Crippen LogP contribution in [0.1, 0.15) is 17.3 Å². The zero-order valence-electron chi connectivity index (χ0n) is 15.5. The number of amides is 1. The Hall–Kier alpha value is -3.19. The lowest BCUT2D eigenvalue weighted by atomic mass is 10.2. The normalized spacial score (nSPS) is 10.9. The Labute approximate surface area is 167 Å². The van der Waals surface area contributed by atoms with Crippen LogP contribution in [-0.4, -0.2) is 33.8 Å². The molecule has 4 rings (SSSR count). The van der Waals surface area contributed by atoms with Crippen molar-refractivity contribution in [3.63, 3.8) is 0 Å². The Bertz CT molecular complexity index is 1020. The predicted octanol–water partition coefficient (Wildman–Crippen LogP) is 4.24. The van der Waals surface area contributed by atoms with Gasteiger partial charge in [-0.1, -0.05) is 23.5 Å². The molecule has 4 aromatic rings. The van der Waals surface area contributed by atoms with Gasteiger partial charge in [0.1, 0.15) is 5.75 Å². The highest BCUT2D eigenvalue weighted by molar-refractivity contribution is 7.22. The Kier molecular flexibility index (Phi) is 5.34. The van der Waals surface area contributed by atoms with Crippen LogP contribution in [0.15, 0.2) is 67.0 Å². The monoisotopic (exact) mass is 392 g/mol. The predicted molar refractivity (Wildman–Crippen MR) is 111 cm³/mol. The molecule has 0 unspecified atom stereocenters. The van der Waals surface area contributed by atoms with Crippen molar-refractivity contribution >= 4 is 32.6 Å². The van der Waals surface area contributed by atoms with Crippen LogP contribution in [0.5, 0.6) is 5.75 Å². The van der Waals surface area contributed by atoms with Crippen LogP contribution < -0.4 is 9.64 Å². The second-order valence-electron chi connectivity index (χ2n) is 6.15. The van der Waals surface area contributed by atoms with E-state index in [-0.39, 0.29) is 5.91 Å². The summed E-state index contributed by atoms with van der Waals surface area (Å²) in [5.74, 6) is 0.663. The van der Waals surface area contributed by atoms with Gasteiger partial charge < -0.3 is 4.74 Å². The molecule has 0 saturated carbocycles. The third kappa shape index (κ3) is 3.89. The van der Waals surface area contributed by atoms with Crippen LogP contribution in [0, 0.1) is 0 Å². The molecule has 0 N–H and O–H groups in total. The van der Waals surface area contributed by atoms with Gasteiger partial charge >= 0.3 is 0 Å². The van der Waals surface area contributed by atoms with Gasteiger partial charge in [-0.3, -0.25) is 14.4 Å². The zero-order valence-corrected chi connectivity index (χ0v) is 16.3. The summed E-state index contributed by atoms with van der Waals surface area (Å²) in [6.07, 6.45) is 3.62. The highest BCUT2D eigenvalue weighted by atomic mass is 32.1. The highest BCUT2D eigenvalue weighted by Crippen LogP contribution is 2.29. The van der Waals surface area contributed by atoms with E-state index in [2.05, 4.69) is 10.1 Å². The van der Waals surface area contributed by atoms with Crippen molar-refractivity contribution < 1.29 is 9.53 Å². The van der Waals surface area contributed by atoms with E-state index in [4.69, 9.17) is 4.74 Å². The van der Waals surface area contributed by atoms with Crippen LogP contribution >= 0.6 is 11.3 Å². The molecule has 0 aliphatic rings. The Balaban J connectivity index is 1.63. The molecule has 0 fully saturated rings. The first-order chi connectivity index (χ1) is 13.7. The quantitative estimate of drug-likeness (QED) is 0.472. The Morgan fingerprint density at radius 1 is 1.14 bits per heavy atom. The van der Waals surface area contributed by atoms with Crippen LogP contribution in [-0.2, 0) is 6.54 Å². The first kappa shape index (κ1) is 18.2. The van der Waals surface area contributed by atoms with Gasteiger partial charge in [0.25, 0.3) is 5.91 Å². The Morgan fingerprint density at radius 2 is 1.96 bits per heavy atom. The number of ether oxygens (including phenoxy) is 1. The van der Waals surface area contributed by atoms with Crippen molar-refractivity contribution in [1.82, 2.24) is 14.8 Å². The molecule has 6 nitrogen and oxygen atoms in total. The molecule has 28 heavy (non-hydrogen) atoms. The summed E-state index contributed by atoms with van der Waals surface area (Å²) < 4.78 is 8.34. The first-order valence-electron chi connectivity index (χ1n) is 9.12. The fourth-order valence-electron chi connectivity index (χ4n) is 2.91. The third-order valence-corrected chi connectivity index (χ3v) is 5.34. The van der Waals surface area contributed by atoms with Gasteiger partial charge in [-0.05, 0) is 49.4 Å². The summed E-state index contributed by atoms with van der Waals surface area (Å²) >= 11 is 1.52. The van der Waals surface area contributed by atoms with Crippen molar-refractivity contribution in [2.75, 3.05) is 18.1 Å². The van der Waals surface area contributed by atoms with E-state index in [9.17, 15) is 4.79 Å². The molecule has 0 aliphatic carbocycles.